The summed E-state index contributed by atoms with van der Waals surface area (Å²) in [4.78, 5) is 2.45. The van der Waals surface area contributed by atoms with Gasteiger partial charge in [0.2, 0.25) is 0 Å². The number of halogens is 3. The molecule has 0 aliphatic carbocycles. The van der Waals surface area contributed by atoms with Crippen LogP contribution in [0, 0.1) is 0 Å². The quantitative estimate of drug-likeness (QED) is 0.660. The number of hydrogen-bond donors (Lipinski definition) is 0. The number of ether oxygens (including phenoxy) is 1. The maximum Gasteiger partial charge on any atom is 0.416 e. The summed E-state index contributed by atoms with van der Waals surface area (Å²) in [6.07, 6.45) is 1.17. The molecule has 1 saturated heterocycles. The van der Waals surface area contributed by atoms with Crippen molar-refractivity contribution in [3.8, 4) is 0 Å². The molecule has 25 heavy (non-hydrogen) atoms. The molecule has 1 unspecified atom stereocenters. The van der Waals surface area contributed by atoms with Crippen molar-refractivity contribution in [3.05, 3.63) is 35.4 Å². The predicted molar refractivity (Wildman–Crippen MR) is 94.8 cm³/mol. The van der Waals surface area contributed by atoms with Crippen molar-refractivity contribution in [1.82, 2.24) is 4.90 Å². The summed E-state index contributed by atoms with van der Waals surface area (Å²) in [7, 11) is 1.77. The van der Waals surface area contributed by atoms with Crippen molar-refractivity contribution in [1.29, 1.82) is 0 Å². The Morgan fingerprint density at radius 3 is 2.08 bits per heavy atom. The third-order valence-corrected chi connectivity index (χ3v) is 5.56. The van der Waals surface area contributed by atoms with Gasteiger partial charge in [0, 0.05) is 20.2 Å². The summed E-state index contributed by atoms with van der Waals surface area (Å²) in [6, 6.07) is 5.76. The monoisotopic (exact) mass is 357 g/mol. The maximum atomic E-state index is 12.8. The fourth-order valence-corrected chi connectivity index (χ4v) is 3.80. The normalized spacial score (nSPS) is 19.8. The first-order valence-electron chi connectivity index (χ1n) is 9.21. The van der Waals surface area contributed by atoms with E-state index in [1.807, 2.05) is 0 Å². The molecule has 0 aromatic heterocycles. The Morgan fingerprint density at radius 2 is 1.60 bits per heavy atom. The predicted octanol–water partition coefficient (Wildman–Crippen LogP) is 5.26. The number of alkyl halides is 3. The molecule has 0 spiro atoms. The lowest BCUT2D eigenvalue weighted by Gasteiger charge is -2.36. The highest BCUT2D eigenvalue weighted by Gasteiger charge is 2.32. The molecule has 5 heteroatoms. The van der Waals surface area contributed by atoms with Crippen LogP contribution in [0.15, 0.2) is 24.3 Å². The van der Waals surface area contributed by atoms with Crippen LogP contribution in [0.25, 0.3) is 0 Å². The molecule has 0 bridgehead atoms. The first-order chi connectivity index (χ1) is 11.8. The molecule has 2 rings (SSSR count). The van der Waals surface area contributed by atoms with Crippen LogP contribution < -0.4 is 0 Å². The molecular formula is C20H30F3NO. The van der Waals surface area contributed by atoms with Crippen LogP contribution in [0.3, 0.4) is 0 Å². The van der Waals surface area contributed by atoms with Crippen molar-refractivity contribution in [2.75, 3.05) is 26.7 Å². The van der Waals surface area contributed by atoms with E-state index < -0.39 is 11.7 Å². The summed E-state index contributed by atoms with van der Waals surface area (Å²) >= 11 is 0. The van der Waals surface area contributed by atoms with Crippen LogP contribution in [0.4, 0.5) is 13.2 Å². The van der Waals surface area contributed by atoms with E-state index in [4.69, 9.17) is 4.74 Å². The van der Waals surface area contributed by atoms with Gasteiger partial charge in [-0.15, -0.1) is 0 Å². The van der Waals surface area contributed by atoms with E-state index in [1.165, 1.54) is 12.1 Å². The lowest BCUT2D eigenvalue weighted by atomic mass is 9.75. The fraction of sp³-hybridized carbons (Fsp3) is 0.700. The lowest BCUT2D eigenvalue weighted by Crippen LogP contribution is -2.39. The first kappa shape index (κ1) is 20.2. The summed E-state index contributed by atoms with van der Waals surface area (Å²) in [5, 5.41) is 0. The number of methoxy groups -OCH3 is 1. The number of piperidine rings is 1. The second-order valence-corrected chi connectivity index (χ2v) is 7.41. The highest BCUT2D eigenvalue weighted by molar-refractivity contribution is 5.30. The Hall–Kier alpha value is -1.07. The highest BCUT2D eigenvalue weighted by atomic mass is 19.4. The van der Waals surface area contributed by atoms with Gasteiger partial charge in [-0.1, -0.05) is 32.4 Å². The van der Waals surface area contributed by atoms with Crippen molar-refractivity contribution < 1.29 is 17.9 Å². The van der Waals surface area contributed by atoms with E-state index >= 15 is 0 Å². The van der Waals surface area contributed by atoms with Gasteiger partial charge in [0.15, 0.2) is 0 Å². The third-order valence-electron chi connectivity index (χ3n) is 5.56. The Bertz CT molecular complexity index is 521. The van der Waals surface area contributed by atoms with Gasteiger partial charge in [-0.2, -0.15) is 13.2 Å². The van der Waals surface area contributed by atoms with E-state index in [2.05, 4.69) is 18.7 Å². The Balaban J connectivity index is 2.02. The van der Waals surface area contributed by atoms with Gasteiger partial charge in [-0.05, 0) is 55.3 Å². The van der Waals surface area contributed by atoms with Crippen LogP contribution in [-0.4, -0.2) is 37.7 Å². The first-order valence-corrected chi connectivity index (χ1v) is 9.21. The van der Waals surface area contributed by atoms with Crippen molar-refractivity contribution in [2.24, 2.45) is 0 Å². The largest absolute Gasteiger partial charge is 0.416 e. The molecule has 0 amide bonds. The van der Waals surface area contributed by atoms with Crippen molar-refractivity contribution in [3.63, 3.8) is 0 Å². The van der Waals surface area contributed by atoms with Crippen LogP contribution in [0.1, 0.15) is 57.1 Å². The molecule has 1 heterocycles. The minimum atomic E-state index is -4.27. The van der Waals surface area contributed by atoms with Gasteiger partial charge in [0.1, 0.15) is 0 Å². The molecule has 0 radical (unpaired) electrons. The van der Waals surface area contributed by atoms with Gasteiger partial charge in [-0.3, -0.25) is 0 Å². The van der Waals surface area contributed by atoms with Gasteiger partial charge in [-0.25, -0.2) is 0 Å². The Kier molecular flexibility index (Phi) is 6.92. The van der Waals surface area contributed by atoms with E-state index in [0.29, 0.717) is 6.10 Å². The average molecular weight is 357 g/mol. The van der Waals surface area contributed by atoms with Gasteiger partial charge < -0.3 is 9.64 Å². The molecule has 0 N–H and O–H groups in total. The van der Waals surface area contributed by atoms with Gasteiger partial charge in [0.05, 0.1) is 11.7 Å². The smallest absolute Gasteiger partial charge is 0.381 e. The topological polar surface area (TPSA) is 12.5 Å². The SMILES string of the molecule is CCCC(C)(CCN1CCC(OC)CC1)c1ccc(C(F)(F)F)cc1. The summed E-state index contributed by atoms with van der Waals surface area (Å²) in [5.74, 6) is 0. The molecule has 1 aliphatic heterocycles. The van der Waals surface area contributed by atoms with Crippen LogP contribution >= 0.6 is 0 Å². The van der Waals surface area contributed by atoms with Crippen LogP contribution in [0.2, 0.25) is 0 Å². The van der Waals surface area contributed by atoms with Gasteiger partial charge >= 0.3 is 6.18 Å². The molecule has 2 nitrogen and oxygen atoms in total. The minimum Gasteiger partial charge on any atom is -0.381 e. The molecule has 142 valence electrons. The Morgan fingerprint density at radius 1 is 1.04 bits per heavy atom. The van der Waals surface area contributed by atoms with Crippen LogP contribution in [0.5, 0.6) is 0 Å². The molecule has 1 aromatic carbocycles. The Labute approximate surface area is 149 Å². The summed E-state index contributed by atoms with van der Waals surface area (Å²) in [6.45, 7) is 7.36. The zero-order chi connectivity index (χ0) is 18.5. The molecule has 0 saturated carbocycles. The molecule has 1 atom stereocenters. The van der Waals surface area contributed by atoms with Crippen molar-refractivity contribution >= 4 is 0 Å². The number of benzene rings is 1. The molecule has 1 aromatic rings. The lowest BCUT2D eigenvalue weighted by molar-refractivity contribution is -0.137. The summed E-state index contributed by atoms with van der Waals surface area (Å²) in [5.41, 5.74) is 0.350. The minimum absolute atomic E-state index is 0.0863. The van der Waals surface area contributed by atoms with Crippen LogP contribution in [-0.2, 0) is 16.3 Å². The van der Waals surface area contributed by atoms with E-state index in [1.54, 1.807) is 19.2 Å². The fourth-order valence-electron chi connectivity index (χ4n) is 3.80. The second kappa shape index (κ2) is 8.54. The number of nitrogens with zero attached hydrogens (tertiary/aromatic N) is 1. The highest BCUT2D eigenvalue weighted by Crippen LogP contribution is 2.36. The molecular weight excluding hydrogens is 327 g/mol. The second-order valence-electron chi connectivity index (χ2n) is 7.41. The number of hydrogen-bond acceptors (Lipinski definition) is 2. The standard InChI is InChI=1S/C20H30F3NO/c1-4-11-19(2,12-15-24-13-9-18(25-3)10-14-24)16-5-7-17(8-6-16)20(21,22)23/h5-8,18H,4,9-15H2,1-3H3. The number of rotatable bonds is 7. The van der Waals surface area contributed by atoms with Crippen molar-refractivity contribution in [2.45, 2.75) is 63.6 Å². The van der Waals surface area contributed by atoms with Gasteiger partial charge in [0.25, 0.3) is 0 Å². The molecule has 1 aliphatic rings. The van der Waals surface area contributed by atoms with E-state index in [9.17, 15) is 13.2 Å². The zero-order valence-electron chi connectivity index (χ0n) is 15.5. The maximum absolute atomic E-state index is 12.8. The summed E-state index contributed by atoms with van der Waals surface area (Å²) < 4.78 is 43.8. The average Bonchev–Trinajstić information content (AvgIpc) is 2.60. The number of likely N-dealkylation sites (tertiary alicyclic amines) is 1. The van der Waals surface area contributed by atoms with E-state index in [-0.39, 0.29) is 5.41 Å². The molecule has 1 fully saturated rings. The third kappa shape index (κ3) is 5.45. The van der Waals surface area contributed by atoms with E-state index in [0.717, 1.165) is 57.3 Å². The zero-order valence-corrected chi connectivity index (χ0v) is 15.5.